The Bertz CT molecular complexity index is 1380. The fourth-order valence-corrected chi connectivity index (χ4v) is 5.51. The first-order valence-corrected chi connectivity index (χ1v) is 12.0. The van der Waals surface area contributed by atoms with E-state index >= 15 is 0 Å². The number of nitrogens with zero attached hydrogens (tertiary/aromatic N) is 4. The van der Waals surface area contributed by atoms with E-state index in [0.717, 1.165) is 75.4 Å². The zero-order valence-electron chi connectivity index (χ0n) is 18.3. The van der Waals surface area contributed by atoms with Crippen molar-refractivity contribution in [3.05, 3.63) is 66.7 Å². The molecule has 8 heteroatoms. The number of H-pyrrole nitrogens is 1. The molecule has 0 aliphatic carbocycles. The summed E-state index contributed by atoms with van der Waals surface area (Å²) in [5, 5.41) is 9.06. The van der Waals surface area contributed by atoms with Crippen molar-refractivity contribution in [2.75, 3.05) is 13.1 Å². The van der Waals surface area contributed by atoms with E-state index in [1.165, 1.54) is 0 Å². The topological polar surface area (TPSA) is 80.1 Å². The molecule has 0 amide bonds. The fourth-order valence-electron chi connectivity index (χ4n) is 4.36. The lowest BCUT2D eigenvalue weighted by atomic mass is 10.1. The Morgan fingerprint density at radius 1 is 1.12 bits per heavy atom. The number of aromatic amines is 1. The Morgan fingerprint density at radius 2 is 1.97 bits per heavy atom. The van der Waals surface area contributed by atoms with Gasteiger partial charge in [0.25, 0.3) is 0 Å². The number of benzene rings is 1. The third-order valence-electron chi connectivity index (χ3n) is 5.97. The fraction of sp³-hybridized carbons (Fsp3) is 0.240. The van der Waals surface area contributed by atoms with Crippen LogP contribution in [0.3, 0.4) is 0 Å². The minimum atomic E-state index is 0.247. The Morgan fingerprint density at radius 3 is 2.76 bits per heavy atom. The summed E-state index contributed by atoms with van der Waals surface area (Å²) in [6.45, 7) is 4.04. The van der Waals surface area contributed by atoms with E-state index in [4.69, 9.17) is 14.8 Å². The summed E-state index contributed by atoms with van der Waals surface area (Å²) in [6.07, 6.45) is 7.88. The number of aromatic nitrogens is 5. The average molecular weight is 457 g/mol. The first-order chi connectivity index (χ1) is 16.3. The first-order valence-electron chi connectivity index (χ1n) is 11.2. The van der Waals surface area contributed by atoms with E-state index in [-0.39, 0.29) is 6.10 Å². The van der Waals surface area contributed by atoms with Gasteiger partial charge in [-0.3, -0.25) is 0 Å². The Balaban J connectivity index is 1.46. The van der Waals surface area contributed by atoms with Gasteiger partial charge in [-0.2, -0.15) is 5.10 Å². The molecule has 5 heterocycles. The van der Waals surface area contributed by atoms with Crippen molar-refractivity contribution in [2.24, 2.45) is 0 Å². The molecular weight excluding hydrogens is 432 g/mol. The number of hydrogen-bond acceptors (Lipinski definition) is 6. The van der Waals surface area contributed by atoms with Gasteiger partial charge in [-0.1, -0.05) is 30.3 Å². The van der Waals surface area contributed by atoms with Gasteiger partial charge >= 0.3 is 0 Å². The van der Waals surface area contributed by atoms with E-state index in [1.54, 1.807) is 17.5 Å². The number of aryl methyl sites for hydroxylation is 1. The maximum atomic E-state index is 6.31. The quantitative estimate of drug-likeness (QED) is 0.391. The SMILES string of the molecule is Cc1nn2ccc(OC3CCNCC3)cc2c1-c1nc(-c2ccccc2)c(-c2ncc[nH]2)s1. The number of imidazole rings is 1. The van der Waals surface area contributed by atoms with Gasteiger partial charge < -0.3 is 15.0 Å². The molecule has 0 unspecified atom stereocenters. The molecule has 1 fully saturated rings. The lowest BCUT2D eigenvalue weighted by Gasteiger charge is -2.23. The second-order valence-electron chi connectivity index (χ2n) is 8.22. The Kier molecular flexibility index (Phi) is 5.16. The van der Waals surface area contributed by atoms with E-state index in [2.05, 4.69) is 33.5 Å². The number of piperidine rings is 1. The molecule has 0 spiro atoms. The van der Waals surface area contributed by atoms with Crippen LogP contribution in [-0.2, 0) is 0 Å². The maximum Gasteiger partial charge on any atom is 0.149 e. The molecule has 1 saturated heterocycles. The molecule has 4 aromatic heterocycles. The van der Waals surface area contributed by atoms with E-state index < -0.39 is 0 Å². The number of fused-ring (bicyclic) bond motifs is 1. The van der Waals surface area contributed by atoms with Crippen LogP contribution < -0.4 is 10.1 Å². The zero-order chi connectivity index (χ0) is 22.2. The molecule has 7 nitrogen and oxygen atoms in total. The van der Waals surface area contributed by atoms with Gasteiger partial charge in [-0.15, -0.1) is 11.3 Å². The van der Waals surface area contributed by atoms with Gasteiger partial charge in [-0.05, 0) is 38.9 Å². The van der Waals surface area contributed by atoms with Crippen molar-refractivity contribution in [3.63, 3.8) is 0 Å². The summed E-state index contributed by atoms with van der Waals surface area (Å²) in [6, 6.07) is 14.3. The zero-order valence-corrected chi connectivity index (χ0v) is 19.1. The number of nitrogens with one attached hydrogen (secondary N) is 2. The van der Waals surface area contributed by atoms with Crippen molar-refractivity contribution < 1.29 is 4.74 Å². The summed E-state index contributed by atoms with van der Waals surface area (Å²) in [4.78, 5) is 13.8. The monoisotopic (exact) mass is 456 g/mol. The van der Waals surface area contributed by atoms with Crippen LogP contribution in [0.15, 0.2) is 61.1 Å². The highest BCUT2D eigenvalue weighted by molar-refractivity contribution is 7.19. The normalized spacial score (nSPS) is 14.7. The van der Waals surface area contributed by atoms with Crippen molar-refractivity contribution in [2.45, 2.75) is 25.9 Å². The number of thiazole rings is 1. The van der Waals surface area contributed by atoms with Crippen LogP contribution in [0.5, 0.6) is 5.75 Å². The molecule has 6 rings (SSSR count). The molecule has 5 aromatic rings. The Hall–Kier alpha value is -3.49. The molecule has 33 heavy (non-hydrogen) atoms. The minimum absolute atomic E-state index is 0.247. The van der Waals surface area contributed by atoms with Crippen molar-refractivity contribution in [1.82, 2.24) is 29.9 Å². The summed E-state index contributed by atoms with van der Waals surface area (Å²) >= 11 is 1.63. The summed E-state index contributed by atoms with van der Waals surface area (Å²) in [7, 11) is 0. The predicted molar refractivity (Wildman–Crippen MR) is 131 cm³/mol. The predicted octanol–water partition coefficient (Wildman–Crippen LogP) is 4.95. The summed E-state index contributed by atoms with van der Waals surface area (Å²) in [5.41, 5.74) is 4.96. The van der Waals surface area contributed by atoms with Gasteiger partial charge in [0.15, 0.2) is 0 Å². The lowest BCUT2D eigenvalue weighted by molar-refractivity contribution is 0.162. The lowest BCUT2D eigenvalue weighted by Crippen LogP contribution is -2.34. The molecule has 2 N–H and O–H groups in total. The molecule has 0 atom stereocenters. The molecule has 0 bridgehead atoms. The van der Waals surface area contributed by atoms with Crippen molar-refractivity contribution in [1.29, 1.82) is 0 Å². The van der Waals surface area contributed by atoms with Crippen molar-refractivity contribution in [3.8, 4) is 38.3 Å². The molecule has 166 valence electrons. The van der Waals surface area contributed by atoms with Crippen LogP contribution in [0.2, 0.25) is 0 Å². The molecule has 0 saturated carbocycles. The highest BCUT2D eigenvalue weighted by atomic mass is 32.1. The summed E-state index contributed by atoms with van der Waals surface area (Å²) < 4.78 is 8.22. The third-order valence-corrected chi connectivity index (χ3v) is 7.05. The standard InChI is InChI=1S/C25H24N6OS/c1-16-21(20-15-19(9-14-31(20)30-16)32-18-7-10-26-11-8-18)25-29-22(17-5-3-2-4-6-17)23(33-25)24-27-12-13-28-24/h2-6,9,12-15,18,26H,7-8,10-11H2,1H3,(H,27,28). The smallest absolute Gasteiger partial charge is 0.149 e. The third kappa shape index (κ3) is 3.81. The van der Waals surface area contributed by atoms with Gasteiger partial charge in [0.2, 0.25) is 0 Å². The molecule has 0 radical (unpaired) electrons. The van der Waals surface area contributed by atoms with Gasteiger partial charge in [0.05, 0.1) is 27.3 Å². The number of hydrogen-bond donors (Lipinski definition) is 2. The number of rotatable bonds is 5. The molecule has 1 aromatic carbocycles. The van der Waals surface area contributed by atoms with Crippen molar-refractivity contribution >= 4 is 16.9 Å². The molecule has 1 aliphatic heterocycles. The van der Waals surface area contributed by atoms with E-state index in [9.17, 15) is 0 Å². The second-order valence-corrected chi connectivity index (χ2v) is 9.22. The highest BCUT2D eigenvalue weighted by Gasteiger charge is 2.22. The van der Waals surface area contributed by atoms with Crippen LogP contribution >= 0.6 is 11.3 Å². The highest BCUT2D eigenvalue weighted by Crippen LogP contribution is 2.41. The molecule has 1 aliphatic rings. The number of pyridine rings is 1. The van der Waals surface area contributed by atoms with Crippen LogP contribution in [0.25, 0.3) is 38.0 Å². The summed E-state index contributed by atoms with van der Waals surface area (Å²) in [5.74, 6) is 1.70. The van der Waals surface area contributed by atoms with Crippen LogP contribution in [-0.4, -0.2) is 43.8 Å². The Labute approximate surface area is 195 Å². The second kappa shape index (κ2) is 8.46. The van der Waals surface area contributed by atoms with E-state index in [1.807, 2.05) is 48.1 Å². The van der Waals surface area contributed by atoms with Crippen LogP contribution in [0, 0.1) is 6.92 Å². The van der Waals surface area contributed by atoms with E-state index in [0.29, 0.717) is 0 Å². The number of ether oxygens (including phenoxy) is 1. The van der Waals surface area contributed by atoms with Crippen LogP contribution in [0.4, 0.5) is 0 Å². The van der Waals surface area contributed by atoms with Gasteiger partial charge in [0.1, 0.15) is 22.7 Å². The minimum Gasteiger partial charge on any atom is -0.490 e. The van der Waals surface area contributed by atoms with Crippen LogP contribution in [0.1, 0.15) is 18.5 Å². The average Bonchev–Trinajstić information content (AvgIpc) is 3.58. The largest absolute Gasteiger partial charge is 0.490 e. The van der Waals surface area contributed by atoms with Gasteiger partial charge in [0, 0.05) is 30.2 Å². The van der Waals surface area contributed by atoms with Gasteiger partial charge in [-0.25, -0.2) is 14.5 Å². The first kappa shape index (κ1) is 20.1. The maximum absolute atomic E-state index is 6.31. The molecular formula is C25H24N6OS.